The van der Waals surface area contributed by atoms with Crippen LogP contribution in [-0.2, 0) is 29.4 Å². The van der Waals surface area contributed by atoms with E-state index in [1.165, 1.54) is 0 Å². The van der Waals surface area contributed by atoms with Gasteiger partial charge in [-0.05, 0) is 56.7 Å². The molecule has 1 saturated carbocycles. The molecular formula is C29H43ClN4O8. The molecule has 2 aliphatic rings. The Kier molecular flexibility index (Phi) is 10.1. The van der Waals surface area contributed by atoms with Crippen molar-refractivity contribution in [1.29, 1.82) is 0 Å². The van der Waals surface area contributed by atoms with E-state index in [1.807, 2.05) is 27.7 Å². The minimum atomic E-state index is -1.18. The molecule has 0 radical (unpaired) electrons. The number of amides is 3. The maximum atomic E-state index is 13.6. The molecule has 13 heteroatoms. The molecule has 3 rings (SSSR count). The number of ether oxygens (including phenoxy) is 3. The molecule has 1 aliphatic carbocycles. The molecule has 0 aromatic heterocycles. The highest BCUT2D eigenvalue weighted by Gasteiger charge is 2.50. The molecule has 12 nitrogen and oxygen atoms in total. The number of rotatable bonds is 10. The molecule has 1 aliphatic heterocycles. The number of hydrogen-bond donors (Lipinski definition) is 4. The number of likely N-dealkylation sites (tertiary alicyclic amines) is 1. The molecule has 0 unspecified atom stereocenters. The van der Waals surface area contributed by atoms with Gasteiger partial charge in [-0.3, -0.25) is 4.79 Å². The van der Waals surface area contributed by atoms with Crippen LogP contribution in [0.5, 0.6) is 0 Å². The molecule has 234 valence electrons. The molecule has 1 heterocycles. The van der Waals surface area contributed by atoms with Crippen molar-refractivity contribution in [2.45, 2.75) is 83.6 Å². The van der Waals surface area contributed by atoms with E-state index in [-0.39, 0.29) is 24.9 Å². The fourth-order valence-electron chi connectivity index (χ4n) is 4.87. The predicted molar refractivity (Wildman–Crippen MR) is 154 cm³/mol. The minimum absolute atomic E-state index is 0.0937. The van der Waals surface area contributed by atoms with Crippen LogP contribution in [0.25, 0.3) is 0 Å². The smallest absolute Gasteiger partial charge is 0.426 e. The fraction of sp³-hybridized carbons (Fsp3) is 0.655. The van der Waals surface area contributed by atoms with Crippen LogP contribution < -0.4 is 16.4 Å². The van der Waals surface area contributed by atoms with Gasteiger partial charge in [0.05, 0.1) is 12.1 Å². The molecule has 2 fully saturated rings. The molecule has 0 bridgehead atoms. The molecule has 0 spiro atoms. The lowest BCUT2D eigenvalue weighted by atomic mass is 9.66. The number of benzene rings is 1. The van der Waals surface area contributed by atoms with Crippen molar-refractivity contribution >= 4 is 35.7 Å². The van der Waals surface area contributed by atoms with E-state index in [0.717, 1.165) is 5.56 Å². The first-order valence-electron chi connectivity index (χ1n) is 14.0. The molecule has 1 saturated heterocycles. The van der Waals surface area contributed by atoms with Crippen LogP contribution in [0.15, 0.2) is 24.3 Å². The molecule has 2 atom stereocenters. The summed E-state index contributed by atoms with van der Waals surface area (Å²) < 4.78 is 14.8. The number of carbonyl (C=O) groups excluding carboxylic acids is 4. The molecule has 1 aromatic rings. The summed E-state index contributed by atoms with van der Waals surface area (Å²) in [7, 11) is 0. The zero-order valence-corrected chi connectivity index (χ0v) is 25.9. The average molecular weight is 611 g/mol. The summed E-state index contributed by atoms with van der Waals surface area (Å²) in [4.78, 5) is 51.7. The Hall–Kier alpha value is -3.09. The Morgan fingerprint density at radius 1 is 1.10 bits per heavy atom. The van der Waals surface area contributed by atoms with Crippen molar-refractivity contribution in [2.24, 2.45) is 17.1 Å². The van der Waals surface area contributed by atoms with Gasteiger partial charge >= 0.3 is 18.2 Å². The maximum absolute atomic E-state index is 13.6. The Balaban J connectivity index is 1.51. The first-order chi connectivity index (χ1) is 19.4. The second-order valence-electron chi connectivity index (χ2n) is 12.8. The SMILES string of the molecule is CC(C)[C@@H](NC(=O)NCC(C)(C)OC(=O)OCOC(=O)C1(N)CC1)C(=O)N1CC[C@](O)(c2ccc(Cl)cc2)C(C)(C)C1. The van der Waals surface area contributed by atoms with E-state index in [4.69, 9.17) is 31.5 Å². The number of carbonyl (C=O) groups is 4. The van der Waals surface area contributed by atoms with Gasteiger partial charge < -0.3 is 40.6 Å². The number of nitrogens with one attached hydrogen (secondary N) is 2. The summed E-state index contributed by atoms with van der Waals surface area (Å²) in [6.45, 7) is 10.4. The summed E-state index contributed by atoms with van der Waals surface area (Å²) in [6.07, 6.45) is 0.269. The normalized spacial score (nSPS) is 21.6. The monoisotopic (exact) mass is 610 g/mol. The molecule has 1 aromatic carbocycles. The average Bonchev–Trinajstić information content (AvgIpc) is 3.65. The number of nitrogens with zero attached hydrogens (tertiary/aromatic N) is 1. The summed E-state index contributed by atoms with van der Waals surface area (Å²) in [6, 6.07) is 5.62. The predicted octanol–water partition coefficient (Wildman–Crippen LogP) is 3.03. The third kappa shape index (κ3) is 8.05. The topological polar surface area (TPSA) is 170 Å². The van der Waals surface area contributed by atoms with Gasteiger partial charge in [-0.25, -0.2) is 14.4 Å². The number of nitrogens with two attached hydrogens (primary N) is 1. The van der Waals surface area contributed by atoms with Gasteiger partial charge in [0, 0.05) is 23.5 Å². The van der Waals surface area contributed by atoms with Crippen molar-refractivity contribution in [3.8, 4) is 0 Å². The van der Waals surface area contributed by atoms with Crippen LogP contribution in [0.3, 0.4) is 0 Å². The van der Waals surface area contributed by atoms with Gasteiger partial charge in [0.25, 0.3) is 0 Å². The third-order valence-electron chi connectivity index (χ3n) is 7.90. The molecule has 3 amide bonds. The van der Waals surface area contributed by atoms with Gasteiger partial charge in [0.2, 0.25) is 12.7 Å². The standard InChI is InChI=1S/C29H43ClN4O8/c1-18(2)21(22(35)34-14-13-29(39,26(3,4)16-34)19-7-9-20(30)10-8-19)33-24(37)32-15-27(5,6)42-25(38)41-17-40-23(36)28(31)11-12-28/h7-10,18,21,39H,11-17,31H2,1-6H3,(H2,32,33,37)/t21-,29+/m1/s1. The van der Waals surface area contributed by atoms with Crippen LogP contribution in [0, 0.1) is 11.3 Å². The number of aliphatic hydroxyl groups is 1. The van der Waals surface area contributed by atoms with Crippen molar-refractivity contribution in [3.63, 3.8) is 0 Å². The summed E-state index contributed by atoms with van der Waals surface area (Å²) in [5.74, 6) is -1.13. The van der Waals surface area contributed by atoms with Crippen LogP contribution >= 0.6 is 11.6 Å². The number of halogens is 1. The Morgan fingerprint density at radius 2 is 1.71 bits per heavy atom. The minimum Gasteiger partial charge on any atom is -0.426 e. The van der Waals surface area contributed by atoms with Crippen molar-refractivity contribution < 1.29 is 38.5 Å². The van der Waals surface area contributed by atoms with Crippen LogP contribution in [0.2, 0.25) is 5.02 Å². The summed E-state index contributed by atoms with van der Waals surface area (Å²) >= 11 is 6.03. The number of hydrogen-bond acceptors (Lipinski definition) is 9. The second kappa shape index (κ2) is 12.6. The van der Waals surface area contributed by atoms with Crippen molar-refractivity contribution in [2.75, 3.05) is 26.4 Å². The lowest BCUT2D eigenvalue weighted by Gasteiger charge is -2.51. The zero-order valence-electron chi connectivity index (χ0n) is 25.1. The van der Waals surface area contributed by atoms with Gasteiger partial charge in [-0.1, -0.05) is 51.4 Å². The lowest BCUT2D eigenvalue weighted by molar-refractivity contribution is -0.157. The molecular weight excluding hydrogens is 568 g/mol. The van der Waals surface area contributed by atoms with E-state index < -0.39 is 53.1 Å². The first-order valence-corrected chi connectivity index (χ1v) is 14.4. The lowest BCUT2D eigenvalue weighted by Crippen LogP contribution is -2.61. The first kappa shape index (κ1) is 33.4. The Labute approximate surface area is 251 Å². The molecule has 5 N–H and O–H groups in total. The highest BCUT2D eigenvalue weighted by Crippen LogP contribution is 2.46. The van der Waals surface area contributed by atoms with Gasteiger partial charge in [-0.15, -0.1) is 0 Å². The second-order valence-corrected chi connectivity index (χ2v) is 13.2. The summed E-state index contributed by atoms with van der Waals surface area (Å²) in [5.41, 5.74) is 2.43. The van der Waals surface area contributed by atoms with Crippen LogP contribution in [0.1, 0.15) is 66.4 Å². The van der Waals surface area contributed by atoms with Crippen molar-refractivity contribution in [1.82, 2.24) is 15.5 Å². The van der Waals surface area contributed by atoms with E-state index in [1.54, 1.807) is 43.0 Å². The Morgan fingerprint density at radius 3 is 2.26 bits per heavy atom. The highest BCUT2D eigenvalue weighted by atomic mass is 35.5. The van der Waals surface area contributed by atoms with Gasteiger partial charge in [0.15, 0.2) is 0 Å². The van der Waals surface area contributed by atoms with Gasteiger partial charge in [-0.2, -0.15) is 0 Å². The number of piperidine rings is 1. The van der Waals surface area contributed by atoms with E-state index >= 15 is 0 Å². The van der Waals surface area contributed by atoms with Crippen molar-refractivity contribution in [3.05, 3.63) is 34.9 Å². The quantitative estimate of drug-likeness (QED) is 0.230. The highest BCUT2D eigenvalue weighted by molar-refractivity contribution is 6.30. The fourth-order valence-corrected chi connectivity index (χ4v) is 5.00. The molecule has 42 heavy (non-hydrogen) atoms. The van der Waals surface area contributed by atoms with Crippen LogP contribution in [0.4, 0.5) is 9.59 Å². The van der Waals surface area contributed by atoms with Gasteiger partial charge in [0.1, 0.15) is 17.2 Å². The number of urea groups is 1. The zero-order chi connectivity index (χ0) is 31.5. The summed E-state index contributed by atoms with van der Waals surface area (Å²) in [5, 5.41) is 17.6. The van der Waals surface area contributed by atoms with E-state index in [0.29, 0.717) is 30.8 Å². The van der Waals surface area contributed by atoms with E-state index in [9.17, 15) is 24.3 Å². The maximum Gasteiger partial charge on any atom is 0.511 e. The largest absolute Gasteiger partial charge is 0.511 e. The van der Waals surface area contributed by atoms with Crippen LogP contribution in [-0.4, -0.2) is 77.7 Å². The Bertz CT molecular complexity index is 1170. The van der Waals surface area contributed by atoms with E-state index in [2.05, 4.69) is 10.6 Å². The number of esters is 1. The third-order valence-corrected chi connectivity index (χ3v) is 8.15.